The Hall–Kier alpha value is -3.24. The molecule has 6 nitrogen and oxygen atoms in total. The Morgan fingerprint density at radius 1 is 1.12 bits per heavy atom. The number of hydrogen-bond donors (Lipinski definition) is 2. The van der Waals surface area contributed by atoms with E-state index in [-0.39, 0.29) is 17.7 Å². The van der Waals surface area contributed by atoms with Gasteiger partial charge in [0.25, 0.3) is 5.91 Å². The van der Waals surface area contributed by atoms with Gasteiger partial charge in [0, 0.05) is 17.2 Å². The van der Waals surface area contributed by atoms with Crippen LogP contribution in [0.4, 0.5) is 10.8 Å². The molecular formula is C19H16N4O2S. The number of fused-ring (bicyclic) bond motifs is 1. The van der Waals surface area contributed by atoms with Gasteiger partial charge in [0.2, 0.25) is 5.91 Å². The van der Waals surface area contributed by atoms with Crippen LogP contribution in [0, 0.1) is 17.2 Å². The van der Waals surface area contributed by atoms with Gasteiger partial charge in [-0.2, -0.15) is 5.26 Å². The SMILES string of the molecule is CC(C)C(=O)Nc1nc2cc(NC(=O)c3ccc(C#N)cc3)ccc2s1. The number of nitrogens with one attached hydrogen (secondary N) is 2. The van der Waals surface area contributed by atoms with E-state index in [2.05, 4.69) is 15.6 Å². The number of nitriles is 1. The zero-order chi connectivity index (χ0) is 18.7. The minimum atomic E-state index is -0.266. The molecule has 7 heteroatoms. The van der Waals surface area contributed by atoms with Crippen molar-refractivity contribution >= 4 is 44.2 Å². The number of benzene rings is 2. The van der Waals surface area contributed by atoms with Gasteiger partial charge in [-0.05, 0) is 42.5 Å². The van der Waals surface area contributed by atoms with Crippen molar-refractivity contribution in [3.05, 3.63) is 53.6 Å². The zero-order valence-corrected chi connectivity index (χ0v) is 15.1. The van der Waals surface area contributed by atoms with Crippen molar-refractivity contribution in [2.75, 3.05) is 10.6 Å². The fraction of sp³-hybridized carbons (Fsp3) is 0.158. The first kappa shape index (κ1) is 17.6. The second-order valence-corrected chi connectivity index (χ2v) is 7.02. The van der Waals surface area contributed by atoms with E-state index in [1.54, 1.807) is 36.4 Å². The van der Waals surface area contributed by atoms with Gasteiger partial charge in [-0.3, -0.25) is 9.59 Å². The van der Waals surface area contributed by atoms with E-state index < -0.39 is 0 Å². The number of hydrogen-bond acceptors (Lipinski definition) is 5. The van der Waals surface area contributed by atoms with Crippen LogP contribution in [0.25, 0.3) is 10.2 Å². The van der Waals surface area contributed by atoms with Crippen LogP contribution in [-0.2, 0) is 4.79 Å². The minimum absolute atomic E-state index is 0.0848. The first-order valence-electron chi connectivity index (χ1n) is 7.99. The average Bonchev–Trinajstić information content (AvgIpc) is 3.03. The summed E-state index contributed by atoms with van der Waals surface area (Å²) < 4.78 is 0.917. The second kappa shape index (κ2) is 7.33. The summed E-state index contributed by atoms with van der Waals surface area (Å²) in [6, 6.07) is 13.8. The lowest BCUT2D eigenvalue weighted by Gasteiger charge is -2.05. The standard InChI is InChI=1S/C19H16N4O2S/c1-11(2)17(24)23-19-22-15-9-14(7-8-16(15)26-19)21-18(25)13-5-3-12(10-20)4-6-13/h3-9,11H,1-2H3,(H,21,25)(H,22,23,24). The lowest BCUT2D eigenvalue weighted by molar-refractivity contribution is -0.118. The van der Waals surface area contributed by atoms with E-state index in [1.165, 1.54) is 11.3 Å². The highest BCUT2D eigenvalue weighted by Crippen LogP contribution is 2.28. The monoisotopic (exact) mass is 364 g/mol. The van der Waals surface area contributed by atoms with Gasteiger partial charge in [0.1, 0.15) is 0 Å². The van der Waals surface area contributed by atoms with E-state index in [0.29, 0.717) is 27.5 Å². The third-order valence-electron chi connectivity index (χ3n) is 3.68. The van der Waals surface area contributed by atoms with Gasteiger partial charge < -0.3 is 10.6 Å². The molecule has 0 saturated carbocycles. The molecule has 0 atom stereocenters. The normalized spacial score (nSPS) is 10.5. The molecule has 2 N–H and O–H groups in total. The number of aromatic nitrogens is 1. The largest absolute Gasteiger partial charge is 0.322 e. The fourth-order valence-corrected chi connectivity index (χ4v) is 3.06. The third kappa shape index (κ3) is 3.87. The predicted molar refractivity (Wildman–Crippen MR) is 102 cm³/mol. The molecule has 26 heavy (non-hydrogen) atoms. The Morgan fingerprint density at radius 3 is 2.50 bits per heavy atom. The highest BCUT2D eigenvalue weighted by Gasteiger charge is 2.12. The van der Waals surface area contributed by atoms with Gasteiger partial charge in [0.15, 0.2) is 5.13 Å². The van der Waals surface area contributed by atoms with Crippen LogP contribution >= 0.6 is 11.3 Å². The molecule has 0 unspecified atom stereocenters. The van der Waals surface area contributed by atoms with Gasteiger partial charge >= 0.3 is 0 Å². The Morgan fingerprint density at radius 2 is 1.85 bits per heavy atom. The molecule has 0 aliphatic carbocycles. The van der Waals surface area contributed by atoms with Crippen molar-refractivity contribution in [2.24, 2.45) is 5.92 Å². The van der Waals surface area contributed by atoms with Gasteiger partial charge in [-0.25, -0.2) is 4.98 Å². The molecule has 0 fully saturated rings. The number of nitrogens with zero attached hydrogens (tertiary/aromatic N) is 2. The lowest BCUT2D eigenvalue weighted by atomic mass is 10.1. The lowest BCUT2D eigenvalue weighted by Crippen LogP contribution is -2.17. The molecule has 1 heterocycles. The number of anilines is 2. The number of rotatable bonds is 4. The molecule has 2 amide bonds. The van der Waals surface area contributed by atoms with Crippen molar-refractivity contribution in [1.82, 2.24) is 4.98 Å². The molecule has 0 aliphatic heterocycles. The first-order valence-corrected chi connectivity index (χ1v) is 8.81. The van der Waals surface area contributed by atoms with Crippen LogP contribution < -0.4 is 10.6 Å². The van der Waals surface area contributed by atoms with E-state index in [9.17, 15) is 9.59 Å². The highest BCUT2D eigenvalue weighted by atomic mass is 32.1. The van der Waals surface area contributed by atoms with E-state index in [1.807, 2.05) is 26.0 Å². The second-order valence-electron chi connectivity index (χ2n) is 5.99. The Balaban J connectivity index is 1.77. The summed E-state index contributed by atoms with van der Waals surface area (Å²) >= 11 is 1.38. The Kier molecular flexibility index (Phi) is 4.96. The summed E-state index contributed by atoms with van der Waals surface area (Å²) in [4.78, 5) is 28.5. The highest BCUT2D eigenvalue weighted by molar-refractivity contribution is 7.22. The van der Waals surface area contributed by atoms with Crippen LogP contribution in [0.5, 0.6) is 0 Å². The van der Waals surface area contributed by atoms with Crippen molar-refractivity contribution in [1.29, 1.82) is 5.26 Å². The average molecular weight is 364 g/mol. The predicted octanol–water partition coefficient (Wildman–Crippen LogP) is 4.01. The van der Waals surface area contributed by atoms with Gasteiger partial charge in [-0.1, -0.05) is 25.2 Å². The maximum atomic E-state index is 12.3. The van der Waals surface area contributed by atoms with E-state index >= 15 is 0 Å². The van der Waals surface area contributed by atoms with Crippen molar-refractivity contribution in [2.45, 2.75) is 13.8 Å². The molecule has 3 rings (SSSR count). The van der Waals surface area contributed by atoms with Crippen molar-refractivity contribution in [3.63, 3.8) is 0 Å². The number of carbonyl (C=O) groups excluding carboxylic acids is 2. The third-order valence-corrected chi connectivity index (χ3v) is 4.63. The van der Waals surface area contributed by atoms with Crippen LogP contribution in [0.15, 0.2) is 42.5 Å². The molecule has 0 spiro atoms. The summed E-state index contributed by atoms with van der Waals surface area (Å²) in [6.45, 7) is 3.64. The molecular weight excluding hydrogens is 348 g/mol. The molecule has 130 valence electrons. The quantitative estimate of drug-likeness (QED) is 0.731. The first-order chi connectivity index (χ1) is 12.5. The minimum Gasteiger partial charge on any atom is -0.322 e. The van der Waals surface area contributed by atoms with E-state index in [4.69, 9.17) is 5.26 Å². The van der Waals surface area contributed by atoms with Crippen molar-refractivity contribution in [3.8, 4) is 6.07 Å². The molecule has 3 aromatic rings. The Bertz CT molecular complexity index is 1020. The Labute approximate surface area is 154 Å². The van der Waals surface area contributed by atoms with E-state index in [0.717, 1.165) is 4.70 Å². The summed E-state index contributed by atoms with van der Waals surface area (Å²) in [6.07, 6.45) is 0. The summed E-state index contributed by atoms with van der Waals surface area (Å²) in [5, 5.41) is 14.9. The zero-order valence-electron chi connectivity index (χ0n) is 14.2. The molecule has 0 bridgehead atoms. The maximum absolute atomic E-state index is 12.3. The smallest absolute Gasteiger partial charge is 0.255 e. The summed E-state index contributed by atoms with van der Waals surface area (Å²) in [7, 11) is 0. The van der Waals surface area contributed by atoms with Gasteiger partial charge in [-0.15, -0.1) is 0 Å². The maximum Gasteiger partial charge on any atom is 0.255 e. The number of carbonyl (C=O) groups is 2. The van der Waals surface area contributed by atoms with Crippen LogP contribution in [0.3, 0.4) is 0 Å². The molecule has 0 aliphatic rings. The molecule has 1 aromatic heterocycles. The topological polar surface area (TPSA) is 94.9 Å². The van der Waals surface area contributed by atoms with Gasteiger partial charge in [0.05, 0.1) is 21.8 Å². The van der Waals surface area contributed by atoms with Crippen LogP contribution in [-0.4, -0.2) is 16.8 Å². The summed E-state index contributed by atoms with van der Waals surface area (Å²) in [5.74, 6) is -0.472. The number of thiazole rings is 1. The molecule has 0 saturated heterocycles. The fourth-order valence-electron chi connectivity index (χ4n) is 2.21. The number of amides is 2. The summed E-state index contributed by atoms with van der Waals surface area (Å²) in [5.41, 5.74) is 2.28. The van der Waals surface area contributed by atoms with Crippen LogP contribution in [0.1, 0.15) is 29.8 Å². The molecule has 0 radical (unpaired) electrons. The van der Waals surface area contributed by atoms with Crippen LogP contribution in [0.2, 0.25) is 0 Å². The molecule has 2 aromatic carbocycles. The van der Waals surface area contributed by atoms with Crippen molar-refractivity contribution < 1.29 is 9.59 Å².